The van der Waals surface area contributed by atoms with E-state index in [1.807, 2.05) is 44.2 Å². The minimum atomic E-state index is -3.39. The highest BCUT2D eigenvalue weighted by atomic mass is 31.2. The zero-order valence-corrected chi connectivity index (χ0v) is 16.2. The summed E-state index contributed by atoms with van der Waals surface area (Å²) in [7, 11) is -3.39. The number of ketones is 1. The van der Waals surface area contributed by atoms with Crippen molar-refractivity contribution in [2.45, 2.75) is 52.6 Å². The highest BCUT2D eigenvalue weighted by Crippen LogP contribution is 2.49. The minimum absolute atomic E-state index is 0.134. The first-order valence-electron chi connectivity index (χ1n) is 8.82. The monoisotopic (exact) mass is 368 g/mol. The number of aliphatic carboxylic acids is 1. The minimum Gasteiger partial charge on any atom is -0.481 e. The molecule has 0 spiro atoms. The fourth-order valence-electron chi connectivity index (χ4n) is 2.66. The Kier molecular flexibility index (Phi) is 9.09. The SMILES string of the molecule is CCC(=O)[C@@H](O[P@](=O)(CCCCc1ccccc1)CC(=O)O)C(C)C. The first-order valence-corrected chi connectivity index (χ1v) is 10.8. The molecular formula is C19H29O5P. The number of aryl methyl sites for hydroxylation is 1. The molecule has 5 nitrogen and oxygen atoms in total. The number of unbranched alkanes of at least 4 members (excludes halogenated alkanes) is 1. The van der Waals surface area contributed by atoms with Crippen LogP contribution in [-0.2, 0) is 25.1 Å². The predicted molar refractivity (Wildman–Crippen MR) is 99.4 cm³/mol. The van der Waals surface area contributed by atoms with Gasteiger partial charge in [0.25, 0.3) is 0 Å². The van der Waals surface area contributed by atoms with Gasteiger partial charge < -0.3 is 9.63 Å². The van der Waals surface area contributed by atoms with Crippen LogP contribution >= 0.6 is 7.37 Å². The molecule has 0 bridgehead atoms. The summed E-state index contributed by atoms with van der Waals surface area (Å²) in [6.45, 7) is 5.36. The largest absolute Gasteiger partial charge is 0.481 e. The fraction of sp³-hybridized carbons (Fsp3) is 0.579. The van der Waals surface area contributed by atoms with Gasteiger partial charge in [-0.05, 0) is 30.7 Å². The normalized spacial score (nSPS) is 14.9. The maximum absolute atomic E-state index is 13.0. The van der Waals surface area contributed by atoms with Gasteiger partial charge >= 0.3 is 5.97 Å². The van der Waals surface area contributed by atoms with Crippen LogP contribution in [0.5, 0.6) is 0 Å². The first-order chi connectivity index (χ1) is 11.8. The van der Waals surface area contributed by atoms with Crippen molar-refractivity contribution in [1.29, 1.82) is 0 Å². The summed E-state index contributed by atoms with van der Waals surface area (Å²) < 4.78 is 18.7. The number of Topliss-reactive ketones (excluding diaryl/α,β-unsaturated/α-hetero) is 1. The average molecular weight is 368 g/mol. The molecule has 2 atom stereocenters. The number of carbonyl (C=O) groups excluding carboxylic acids is 1. The van der Waals surface area contributed by atoms with Gasteiger partial charge in [-0.1, -0.05) is 51.1 Å². The lowest BCUT2D eigenvalue weighted by Crippen LogP contribution is -2.29. The highest BCUT2D eigenvalue weighted by Gasteiger charge is 2.34. The summed E-state index contributed by atoms with van der Waals surface area (Å²) in [5.74, 6) is -1.43. The van der Waals surface area contributed by atoms with Crippen LogP contribution in [0.15, 0.2) is 30.3 Å². The van der Waals surface area contributed by atoms with Gasteiger partial charge in [0, 0.05) is 12.6 Å². The average Bonchev–Trinajstić information content (AvgIpc) is 2.56. The summed E-state index contributed by atoms with van der Waals surface area (Å²) in [5, 5.41) is 9.09. The molecule has 1 rings (SSSR count). The lowest BCUT2D eigenvalue weighted by Gasteiger charge is -2.25. The molecule has 0 saturated carbocycles. The Balaban J connectivity index is 2.68. The molecule has 0 aliphatic heterocycles. The summed E-state index contributed by atoms with van der Waals surface area (Å²) in [4.78, 5) is 23.2. The zero-order valence-electron chi connectivity index (χ0n) is 15.3. The molecule has 0 fully saturated rings. The van der Waals surface area contributed by atoms with E-state index in [0.717, 1.165) is 12.8 Å². The van der Waals surface area contributed by atoms with Gasteiger partial charge in [0.15, 0.2) is 5.78 Å². The molecule has 140 valence electrons. The third kappa shape index (κ3) is 7.98. The summed E-state index contributed by atoms with van der Waals surface area (Å²) in [6, 6.07) is 9.95. The van der Waals surface area contributed by atoms with E-state index >= 15 is 0 Å². The van der Waals surface area contributed by atoms with Crippen LogP contribution in [0.4, 0.5) is 0 Å². The lowest BCUT2D eigenvalue weighted by molar-refractivity contribution is -0.134. The van der Waals surface area contributed by atoms with Crippen molar-refractivity contribution in [3.63, 3.8) is 0 Å². The molecule has 0 amide bonds. The smallest absolute Gasteiger partial charge is 0.313 e. The summed E-state index contributed by atoms with van der Waals surface area (Å²) >= 11 is 0. The molecule has 0 aromatic heterocycles. The van der Waals surface area contributed by atoms with E-state index in [1.54, 1.807) is 6.92 Å². The Morgan fingerprint density at radius 3 is 2.32 bits per heavy atom. The van der Waals surface area contributed by atoms with E-state index in [-0.39, 0.29) is 24.3 Å². The van der Waals surface area contributed by atoms with E-state index in [4.69, 9.17) is 9.63 Å². The number of hydrogen-bond acceptors (Lipinski definition) is 4. The van der Waals surface area contributed by atoms with E-state index in [1.165, 1.54) is 5.56 Å². The van der Waals surface area contributed by atoms with Gasteiger partial charge in [0.1, 0.15) is 12.3 Å². The molecule has 0 aliphatic carbocycles. The maximum Gasteiger partial charge on any atom is 0.313 e. The van der Waals surface area contributed by atoms with Crippen molar-refractivity contribution >= 4 is 19.1 Å². The van der Waals surface area contributed by atoms with Gasteiger partial charge in [0.2, 0.25) is 7.37 Å². The molecule has 0 aliphatic rings. The zero-order chi connectivity index (χ0) is 18.9. The van der Waals surface area contributed by atoms with Crippen LogP contribution in [0.1, 0.15) is 45.6 Å². The van der Waals surface area contributed by atoms with Crippen molar-refractivity contribution in [3.05, 3.63) is 35.9 Å². The van der Waals surface area contributed by atoms with E-state index in [0.29, 0.717) is 6.42 Å². The third-order valence-corrected chi connectivity index (χ3v) is 6.37. The summed E-state index contributed by atoms with van der Waals surface area (Å²) in [6.07, 6.45) is 1.38. The second-order valence-electron chi connectivity index (χ2n) is 6.62. The molecular weight excluding hydrogens is 339 g/mol. The summed E-state index contributed by atoms with van der Waals surface area (Å²) in [5.41, 5.74) is 1.19. The topological polar surface area (TPSA) is 80.7 Å². The number of carbonyl (C=O) groups is 2. The van der Waals surface area contributed by atoms with Crippen molar-refractivity contribution in [3.8, 4) is 0 Å². The third-order valence-electron chi connectivity index (χ3n) is 4.01. The van der Waals surface area contributed by atoms with Crippen LogP contribution < -0.4 is 0 Å². The van der Waals surface area contributed by atoms with Gasteiger partial charge in [0.05, 0.1) is 0 Å². The van der Waals surface area contributed by atoms with Crippen LogP contribution in [0.25, 0.3) is 0 Å². The van der Waals surface area contributed by atoms with Crippen LogP contribution in [0.2, 0.25) is 0 Å². The molecule has 0 saturated heterocycles. The Morgan fingerprint density at radius 1 is 1.16 bits per heavy atom. The predicted octanol–water partition coefficient (Wildman–Crippen LogP) is 4.39. The first kappa shape index (κ1) is 21.6. The molecule has 1 N–H and O–H groups in total. The number of carboxylic acid groups (broad SMARTS) is 1. The van der Waals surface area contributed by atoms with Gasteiger partial charge in [-0.2, -0.15) is 0 Å². The maximum atomic E-state index is 13.0. The second-order valence-corrected chi connectivity index (χ2v) is 9.23. The van der Waals surface area contributed by atoms with Crippen molar-refractivity contribution in [1.82, 2.24) is 0 Å². The molecule has 1 aromatic carbocycles. The number of benzene rings is 1. The molecule has 0 heterocycles. The molecule has 0 radical (unpaired) electrons. The van der Waals surface area contributed by atoms with E-state index < -0.39 is 25.6 Å². The number of rotatable bonds is 12. The lowest BCUT2D eigenvalue weighted by atomic mass is 10.0. The number of hydrogen-bond donors (Lipinski definition) is 1. The molecule has 25 heavy (non-hydrogen) atoms. The van der Waals surface area contributed by atoms with E-state index in [9.17, 15) is 14.2 Å². The fourth-order valence-corrected chi connectivity index (χ4v) is 4.89. The molecule has 6 heteroatoms. The standard InChI is InChI=1S/C19H29O5P/c1-4-17(20)19(15(2)3)24-25(23,14-18(21)22)13-9-8-12-16-10-6-5-7-11-16/h5-7,10-11,15,19H,4,8-9,12-14H2,1-3H3,(H,21,22)/t19-,25+/m0/s1. The van der Waals surface area contributed by atoms with Gasteiger partial charge in [-0.25, -0.2) is 0 Å². The van der Waals surface area contributed by atoms with Crippen molar-refractivity contribution < 1.29 is 23.8 Å². The Hall–Kier alpha value is -1.45. The van der Waals surface area contributed by atoms with Crippen molar-refractivity contribution in [2.75, 3.05) is 12.3 Å². The highest BCUT2D eigenvalue weighted by molar-refractivity contribution is 7.59. The van der Waals surface area contributed by atoms with Gasteiger partial charge in [-0.3, -0.25) is 14.2 Å². The number of carboxylic acids is 1. The van der Waals surface area contributed by atoms with Crippen LogP contribution in [0, 0.1) is 5.92 Å². The van der Waals surface area contributed by atoms with Crippen LogP contribution in [0.3, 0.4) is 0 Å². The molecule has 0 unspecified atom stereocenters. The quantitative estimate of drug-likeness (QED) is 0.437. The van der Waals surface area contributed by atoms with Crippen LogP contribution in [-0.4, -0.2) is 35.3 Å². The second kappa shape index (κ2) is 10.5. The molecule has 1 aromatic rings. The Labute approximate surface area is 150 Å². The Bertz CT molecular complexity index is 597. The van der Waals surface area contributed by atoms with E-state index in [2.05, 4.69) is 0 Å². The Morgan fingerprint density at radius 2 is 1.80 bits per heavy atom. The van der Waals surface area contributed by atoms with Crippen molar-refractivity contribution in [2.24, 2.45) is 5.92 Å². The van der Waals surface area contributed by atoms with Gasteiger partial charge in [-0.15, -0.1) is 0 Å².